The molecule has 5 nitrogen and oxygen atoms in total. The van der Waals surface area contributed by atoms with Crippen LogP contribution in [-0.4, -0.2) is 21.5 Å². The number of rotatable bonds is 6. The van der Waals surface area contributed by atoms with Crippen LogP contribution in [0.4, 0.5) is 5.95 Å². The number of aromatic nitrogens is 2. The molecule has 1 atom stereocenters. The Morgan fingerprint density at radius 2 is 2.15 bits per heavy atom. The minimum atomic E-state index is -0.484. The van der Waals surface area contributed by atoms with Crippen molar-refractivity contribution in [2.75, 3.05) is 5.32 Å². The van der Waals surface area contributed by atoms with Gasteiger partial charge in [0.2, 0.25) is 11.9 Å². The molecule has 0 saturated carbocycles. The summed E-state index contributed by atoms with van der Waals surface area (Å²) >= 11 is 0. The lowest BCUT2D eigenvalue weighted by Gasteiger charge is -2.12. The van der Waals surface area contributed by atoms with Gasteiger partial charge in [0.1, 0.15) is 0 Å². The molecule has 0 aliphatic heterocycles. The van der Waals surface area contributed by atoms with Gasteiger partial charge in [-0.1, -0.05) is 43.7 Å². The molecule has 1 unspecified atom stereocenters. The molecular weight excluding hydrogens is 252 g/mol. The van der Waals surface area contributed by atoms with Crippen LogP contribution in [0, 0.1) is 0 Å². The van der Waals surface area contributed by atoms with Crippen molar-refractivity contribution in [1.29, 1.82) is 0 Å². The normalized spacial score (nSPS) is 12.1. The lowest BCUT2D eigenvalue weighted by Crippen LogP contribution is -2.36. The van der Waals surface area contributed by atoms with E-state index < -0.39 is 6.04 Å². The number of nitrogens with one attached hydrogen (secondary N) is 1. The first-order valence-electron chi connectivity index (χ1n) is 6.82. The molecule has 0 aliphatic rings. The average Bonchev–Trinajstić information content (AvgIpc) is 2.87. The first-order valence-corrected chi connectivity index (χ1v) is 6.82. The summed E-state index contributed by atoms with van der Waals surface area (Å²) in [5.74, 6) is 0.345. The highest BCUT2D eigenvalue weighted by molar-refractivity contribution is 5.93. The Kier molecular flexibility index (Phi) is 4.90. The summed E-state index contributed by atoms with van der Waals surface area (Å²) < 4.78 is 1.89. The standard InChI is InChI=1S/C15H20N4O/c1-2-6-13(16)14(20)18-15-17-9-10-19(15)11-12-7-4-3-5-8-12/h3-5,7-10,13H,2,6,11,16H2,1H3,(H,17,18,20). The zero-order valence-electron chi connectivity index (χ0n) is 11.6. The zero-order valence-corrected chi connectivity index (χ0v) is 11.6. The summed E-state index contributed by atoms with van der Waals surface area (Å²) in [5.41, 5.74) is 6.95. The van der Waals surface area contributed by atoms with Gasteiger partial charge in [-0.25, -0.2) is 4.98 Å². The van der Waals surface area contributed by atoms with E-state index in [1.165, 1.54) is 0 Å². The molecule has 0 aliphatic carbocycles. The summed E-state index contributed by atoms with van der Waals surface area (Å²) in [7, 11) is 0. The van der Waals surface area contributed by atoms with Crippen LogP contribution in [0.15, 0.2) is 42.7 Å². The third-order valence-corrected chi connectivity index (χ3v) is 3.08. The molecular formula is C15H20N4O. The Labute approximate surface area is 118 Å². The second-order valence-electron chi connectivity index (χ2n) is 4.75. The van der Waals surface area contributed by atoms with Crippen molar-refractivity contribution in [3.05, 3.63) is 48.3 Å². The van der Waals surface area contributed by atoms with Gasteiger partial charge in [-0.3, -0.25) is 10.1 Å². The maximum absolute atomic E-state index is 11.9. The van der Waals surface area contributed by atoms with Gasteiger partial charge < -0.3 is 10.3 Å². The molecule has 0 radical (unpaired) electrons. The quantitative estimate of drug-likeness (QED) is 0.844. The molecule has 1 heterocycles. The van der Waals surface area contributed by atoms with Crippen LogP contribution in [0.25, 0.3) is 0 Å². The molecule has 0 bridgehead atoms. The maximum Gasteiger partial charge on any atom is 0.243 e. The lowest BCUT2D eigenvalue weighted by molar-refractivity contribution is -0.117. The highest BCUT2D eigenvalue weighted by Gasteiger charge is 2.14. The topological polar surface area (TPSA) is 72.9 Å². The average molecular weight is 272 g/mol. The predicted molar refractivity (Wildman–Crippen MR) is 79.3 cm³/mol. The first kappa shape index (κ1) is 14.3. The van der Waals surface area contributed by atoms with E-state index in [0.29, 0.717) is 18.9 Å². The van der Waals surface area contributed by atoms with Crippen LogP contribution in [0.3, 0.4) is 0 Å². The highest BCUT2D eigenvalue weighted by Crippen LogP contribution is 2.10. The van der Waals surface area contributed by atoms with Crippen LogP contribution >= 0.6 is 0 Å². The molecule has 1 aromatic heterocycles. The van der Waals surface area contributed by atoms with Crippen molar-refractivity contribution < 1.29 is 4.79 Å². The van der Waals surface area contributed by atoms with Crippen molar-refractivity contribution in [2.24, 2.45) is 5.73 Å². The molecule has 106 valence electrons. The summed E-state index contributed by atoms with van der Waals surface area (Å²) in [6.07, 6.45) is 5.07. The van der Waals surface area contributed by atoms with Gasteiger partial charge in [0.15, 0.2) is 0 Å². The van der Waals surface area contributed by atoms with Gasteiger partial charge in [0.25, 0.3) is 0 Å². The number of imidazole rings is 1. The maximum atomic E-state index is 11.9. The van der Waals surface area contributed by atoms with Crippen LogP contribution < -0.4 is 11.1 Å². The molecule has 0 fully saturated rings. The Morgan fingerprint density at radius 3 is 2.85 bits per heavy atom. The largest absolute Gasteiger partial charge is 0.320 e. The number of hydrogen-bond acceptors (Lipinski definition) is 3. The Hall–Kier alpha value is -2.14. The Bertz CT molecular complexity index is 550. The first-order chi connectivity index (χ1) is 9.70. The third kappa shape index (κ3) is 3.68. The monoisotopic (exact) mass is 272 g/mol. The Morgan fingerprint density at radius 1 is 1.40 bits per heavy atom. The second kappa shape index (κ2) is 6.86. The van der Waals surface area contributed by atoms with E-state index in [1.54, 1.807) is 6.20 Å². The van der Waals surface area contributed by atoms with Gasteiger partial charge in [-0.2, -0.15) is 0 Å². The van der Waals surface area contributed by atoms with E-state index in [4.69, 9.17) is 5.73 Å². The molecule has 0 spiro atoms. The van der Waals surface area contributed by atoms with E-state index in [1.807, 2.05) is 48.0 Å². The van der Waals surface area contributed by atoms with E-state index in [-0.39, 0.29) is 5.91 Å². The molecule has 1 aromatic carbocycles. The zero-order chi connectivity index (χ0) is 14.4. The van der Waals surface area contributed by atoms with Crippen LogP contribution in [0.1, 0.15) is 25.3 Å². The van der Waals surface area contributed by atoms with Gasteiger partial charge in [0, 0.05) is 12.4 Å². The fourth-order valence-electron chi connectivity index (χ4n) is 1.99. The van der Waals surface area contributed by atoms with Crippen molar-refractivity contribution in [1.82, 2.24) is 9.55 Å². The SMILES string of the molecule is CCCC(N)C(=O)Nc1nccn1Cc1ccccc1. The van der Waals surface area contributed by atoms with Gasteiger partial charge in [0.05, 0.1) is 12.6 Å². The number of nitrogens with zero attached hydrogens (tertiary/aromatic N) is 2. The minimum absolute atomic E-state index is 0.188. The number of benzene rings is 1. The number of hydrogen-bond donors (Lipinski definition) is 2. The van der Waals surface area contributed by atoms with Crippen LogP contribution in [0.2, 0.25) is 0 Å². The van der Waals surface area contributed by atoms with Gasteiger partial charge >= 0.3 is 0 Å². The fraction of sp³-hybridized carbons (Fsp3) is 0.333. The van der Waals surface area contributed by atoms with E-state index in [2.05, 4.69) is 10.3 Å². The molecule has 20 heavy (non-hydrogen) atoms. The van der Waals surface area contributed by atoms with Crippen molar-refractivity contribution in [3.63, 3.8) is 0 Å². The second-order valence-corrected chi connectivity index (χ2v) is 4.75. The van der Waals surface area contributed by atoms with Crippen molar-refractivity contribution in [3.8, 4) is 0 Å². The molecule has 2 aromatic rings. The molecule has 3 N–H and O–H groups in total. The summed E-state index contributed by atoms with van der Waals surface area (Å²) in [6, 6.07) is 9.54. The Balaban J connectivity index is 2.03. The number of anilines is 1. The molecule has 1 amide bonds. The summed E-state index contributed by atoms with van der Waals surface area (Å²) in [4.78, 5) is 16.1. The molecule has 2 rings (SSSR count). The van der Waals surface area contributed by atoms with Crippen molar-refractivity contribution in [2.45, 2.75) is 32.4 Å². The number of nitrogens with two attached hydrogens (primary N) is 1. The van der Waals surface area contributed by atoms with Crippen molar-refractivity contribution >= 4 is 11.9 Å². The number of carbonyl (C=O) groups is 1. The fourth-order valence-corrected chi connectivity index (χ4v) is 1.99. The minimum Gasteiger partial charge on any atom is -0.320 e. The van der Waals surface area contributed by atoms with E-state index in [0.717, 1.165) is 12.0 Å². The highest BCUT2D eigenvalue weighted by atomic mass is 16.2. The summed E-state index contributed by atoms with van der Waals surface area (Å²) in [5, 5.41) is 2.78. The van der Waals surface area contributed by atoms with E-state index >= 15 is 0 Å². The smallest absolute Gasteiger partial charge is 0.243 e. The van der Waals surface area contributed by atoms with Gasteiger partial charge in [-0.05, 0) is 12.0 Å². The molecule has 5 heteroatoms. The number of carbonyl (C=O) groups excluding carboxylic acids is 1. The molecule has 0 saturated heterocycles. The predicted octanol–water partition coefficient (Wildman–Crippen LogP) is 2.00. The lowest BCUT2D eigenvalue weighted by atomic mass is 10.2. The summed E-state index contributed by atoms with van der Waals surface area (Å²) in [6.45, 7) is 2.67. The van der Waals surface area contributed by atoms with E-state index in [9.17, 15) is 4.79 Å². The van der Waals surface area contributed by atoms with Crippen LogP contribution in [0.5, 0.6) is 0 Å². The van der Waals surface area contributed by atoms with Gasteiger partial charge in [-0.15, -0.1) is 0 Å². The van der Waals surface area contributed by atoms with Crippen LogP contribution in [-0.2, 0) is 11.3 Å². The number of amides is 1. The third-order valence-electron chi connectivity index (χ3n) is 3.08.